The van der Waals surface area contributed by atoms with Crippen molar-refractivity contribution < 1.29 is 8.42 Å². The molecule has 0 aliphatic carbocycles. The molecule has 5 nitrogen and oxygen atoms in total. The Morgan fingerprint density at radius 2 is 1.50 bits per heavy atom. The minimum absolute atomic E-state index is 0.0756. The Hall–Kier alpha value is -1.89. The van der Waals surface area contributed by atoms with Gasteiger partial charge in [0.2, 0.25) is 10.0 Å². The molecule has 0 atom stereocenters. The topological polar surface area (TPSA) is 89.4 Å². The summed E-state index contributed by atoms with van der Waals surface area (Å²) in [5.74, 6) is 0. The van der Waals surface area contributed by atoms with Crippen LogP contribution in [0.4, 0.5) is 5.69 Å². The van der Waals surface area contributed by atoms with Crippen molar-refractivity contribution in [2.75, 3.05) is 26.4 Å². The molecule has 0 saturated heterocycles. The minimum Gasteiger partial charge on any atom is -0.399 e. The van der Waals surface area contributed by atoms with Gasteiger partial charge in [0.05, 0.1) is 4.90 Å². The van der Waals surface area contributed by atoms with Crippen LogP contribution in [-0.2, 0) is 16.4 Å². The summed E-state index contributed by atoms with van der Waals surface area (Å²) in [6, 6.07) is 14.5. The summed E-state index contributed by atoms with van der Waals surface area (Å²) in [6.45, 7) is 3.30. The quantitative estimate of drug-likeness (QED) is 0.811. The molecule has 24 heavy (non-hydrogen) atoms. The minimum atomic E-state index is -3.58. The number of sulfonamides is 1. The van der Waals surface area contributed by atoms with Gasteiger partial charge in [-0.25, -0.2) is 13.6 Å². The number of nitrogen functional groups attached to an aromatic ring is 1. The fourth-order valence-electron chi connectivity index (χ4n) is 2.01. The van der Waals surface area contributed by atoms with E-state index in [2.05, 4.69) is 50.2 Å². The molecule has 0 saturated carbocycles. The van der Waals surface area contributed by atoms with Crippen LogP contribution in [0.15, 0.2) is 53.4 Å². The van der Waals surface area contributed by atoms with E-state index in [0.717, 1.165) is 0 Å². The van der Waals surface area contributed by atoms with Gasteiger partial charge in [0.1, 0.15) is 0 Å². The van der Waals surface area contributed by atoms with Crippen LogP contribution in [0.5, 0.6) is 0 Å². The molecule has 132 valence electrons. The van der Waals surface area contributed by atoms with Crippen LogP contribution in [0.2, 0.25) is 0 Å². The number of nitrogens with two attached hydrogens (primary N) is 2. The van der Waals surface area contributed by atoms with E-state index in [4.69, 9.17) is 10.9 Å². The number of benzene rings is 2. The largest absolute Gasteiger partial charge is 0.399 e. The number of hydrogen-bond acceptors (Lipinski definition) is 4. The van der Waals surface area contributed by atoms with Gasteiger partial charge < -0.3 is 10.6 Å². The lowest BCUT2D eigenvalue weighted by Gasteiger charge is -2.08. The normalized spacial score (nSPS) is 11.0. The fraction of sp³-hybridized carbons (Fsp3) is 0.333. The average molecular weight is 350 g/mol. The monoisotopic (exact) mass is 349 g/mol. The first-order chi connectivity index (χ1) is 11.2. The van der Waals surface area contributed by atoms with Crippen molar-refractivity contribution in [2.24, 2.45) is 5.14 Å². The molecule has 2 aromatic carbocycles. The summed E-state index contributed by atoms with van der Waals surface area (Å²) in [7, 11) is 0.665. The van der Waals surface area contributed by atoms with E-state index in [-0.39, 0.29) is 4.90 Å². The zero-order chi connectivity index (χ0) is 18.2. The molecule has 0 heterocycles. The fourth-order valence-corrected chi connectivity index (χ4v) is 2.53. The van der Waals surface area contributed by atoms with Crippen LogP contribution >= 0.6 is 0 Å². The highest BCUT2D eigenvalue weighted by atomic mass is 32.2. The molecule has 0 unspecified atom stereocenters. The molecule has 2 rings (SSSR count). The molecular weight excluding hydrogens is 322 g/mol. The Morgan fingerprint density at radius 3 is 1.96 bits per heavy atom. The van der Waals surface area contributed by atoms with Crippen molar-refractivity contribution >= 4 is 15.7 Å². The molecule has 0 aliphatic heterocycles. The van der Waals surface area contributed by atoms with Crippen molar-refractivity contribution in [2.45, 2.75) is 24.7 Å². The van der Waals surface area contributed by atoms with Crippen molar-refractivity contribution in [1.82, 2.24) is 4.90 Å². The Balaban J connectivity index is 0.000000243. The second kappa shape index (κ2) is 9.42. The zero-order valence-electron chi connectivity index (χ0n) is 14.6. The van der Waals surface area contributed by atoms with Gasteiger partial charge in [-0.15, -0.1) is 0 Å². The molecule has 4 N–H and O–H groups in total. The van der Waals surface area contributed by atoms with Crippen molar-refractivity contribution in [1.29, 1.82) is 0 Å². The highest BCUT2D eigenvalue weighted by Gasteiger charge is 2.05. The Kier molecular flexibility index (Phi) is 7.91. The van der Waals surface area contributed by atoms with Gasteiger partial charge in [0, 0.05) is 5.69 Å². The third-order valence-corrected chi connectivity index (χ3v) is 4.33. The molecule has 0 aromatic heterocycles. The van der Waals surface area contributed by atoms with Gasteiger partial charge in [0.25, 0.3) is 0 Å². The lowest BCUT2D eigenvalue weighted by Crippen LogP contribution is -2.13. The van der Waals surface area contributed by atoms with Gasteiger partial charge in [0.15, 0.2) is 0 Å². The first kappa shape index (κ1) is 20.2. The maximum atomic E-state index is 10.7. The molecular formula is C18H27N3O2S. The van der Waals surface area contributed by atoms with E-state index in [9.17, 15) is 8.42 Å². The van der Waals surface area contributed by atoms with Crippen LogP contribution < -0.4 is 10.9 Å². The number of primary sulfonamides is 1. The van der Waals surface area contributed by atoms with Crippen LogP contribution in [0.25, 0.3) is 0 Å². The van der Waals surface area contributed by atoms with Crippen molar-refractivity contribution in [3.05, 3.63) is 59.7 Å². The predicted octanol–water partition coefficient (Wildman–Crippen LogP) is 2.41. The van der Waals surface area contributed by atoms with Crippen molar-refractivity contribution in [3.63, 3.8) is 0 Å². The first-order valence-corrected chi connectivity index (χ1v) is 9.32. The molecule has 0 aliphatic rings. The number of hydrogen-bond donors (Lipinski definition) is 2. The van der Waals surface area contributed by atoms with Gasteiger partial charge in [-0.2, -0.15) is 0 Å². The highest BCUT2D eigenvalue weighted by Crippen LogP contribution is 2.09. The third-order valence-electron chi connectivity index (χ3n) is 3.40. The standard InChI is InChI=1S/C12H19N.C6H8N2O2S/c1-11-6-8-12(9-7-11)5-4-10-13(2)3;7-5-1-3-6(4-2-5)11(8,9)10/h6-9H,4-5,10H2,1-3H3;1-4H,7H2,(H2,8,9,10). The van der Waals surface area contributed by atoms with Crippen LogP contribution in [0.3, 0.4) is 0 Å². The summed E-state index contributed by atoms with van der Waals surface area (Å²) < 4.78 is 21.4. The van der Waals surface area contributed by atoms with Crippen molar-refractivity contribution in [3.8, 4) is 0 Å². The van der Waals surface area contributed by atoms with Gasteiger partial charge in [-0.1, -0.05) is 29.8 Å². The first-order valence-electron chi connectivity index (χ1n) is 7.77. The molecule has 2 aromatic rings. The number of anilines is 1. The SMILES string of the molecule is Cc1ccc(CCCN(C)C)cc1.Nc1ccc(S(N)(=O)=O)cc1. The molecule has 0 fully saturated rings. The maximum absolute atomic E-state index is 10.7. The van der Waals surface area contributed by atoms with Crippen LogP contribution in [-0.4, -0.2) is 34.0 Å². The summed E-state index contributed by atoms with van der Waals surface area (Å²) in [6.07, 6.45) is 2.44. The van der Waals surface area contributed by atoms with E-state index in [0.29, 0.717) is 5.69 Å². The van der Waals surface area contributed by atoms with Crippen LogP contribution in [0.1, 0.15) is 17.5 Å². The van der Waals surface area contributed by atoms with Gasteiger partial charge >= 0.3 is 0 Å². The van der Waals surface area contributed by atoms with E-state index >= 15 is 0 Å². The Labute approximate surface area is 145 Å². The second-order valence-electron chi connectivity index (χ2n) is 6.01. The second-order valence-corrected chi connectivity index (χ2v) is 7.57. The van der Waals surface area contributed by atoms with E-state index in [1.165, 1.54) is 54.8 Å². The summed E-state index contributed by atoms with van der Waals surface area (Å²) >= 11 is 0. The molecule has 0 amide bonds. The Morgan fingerprint density at radius 1 is 0.958 bits per heavy atom. The van der Waals surface area contributed by atoms with Crippen LogP contribution in [0, 0.1) is 6.92 Å². The molecule has 6 heteroatoms. The lowest BCUT2D eigenvalue weighted by atomic mass is 10.1. The molecule has 0 radical (unpaired) electrons. The predicted molar refractivity (Wildman–Crippen MR) is 100 cm³/mol. The van der Waals surface area contributed by atoms with Gasteiger partial charge in [-0.3, -0.25) is 0 Å². The summed E-state index contributed by atoms with van der Waals surface area (Å²) in [5.41, 5.74) is 8.64. The number of rotatable bonds is 5. The average Bonchev–Trinajstić information content (AvgIpc) is 2.49. The zero-order valence-corrected chi connectivity index (χ0v) is 15.4. The third kappa shape index (κ3) is 8.10. The molecule has 0 spiro atoms. The van der Waals surface area contributed by atoms with E-state index < -0.39 is 10.0 Å². The summed E-state index contributed by atoms with van der Waals surface area (Å²) in [5, 5.41) is 4.84. The number of aryl methyl sites for hydroxylation is 2. The lowest BCUT2D eigenvalue weighted by molar-refractivity contribution is 0.400. The number of nitrogens with zero attached hydrogens (tertiary/aromatic N) is 1. The van der Waals surface area contributed by atoms with E-state index in [1.54, 1.807) is 0 Å². The Bertz CT molecular complexity index is 709. The van der Waals surface area contributed by atoms with E-state index in [1.807, 2.05) is 0 Å². The highest BCUT2D eigenvalue weighted by molar-refractivity contribution is 7.89. The molecule has 0 bridgehead atoms. The summed E-state index contributed by atoms with van der Waals surface area (Å²) in [4.78, 5) is 2.31. The smallest absolute Gasteiger partial charge is 0.238 e. The maximum Gasteiger partial charge on any atom is 0.238 e. The van der Waals surface area contributed by atoms with Gasteiger partial charge in [-0.05, 0) is 70.2 Å².